The molecule has 37 heavy (non-hydrogen) atoms. The SMILES string of the molecule is c1cc(-c2cc3ccccc3c3ccccc23)c2sc(-c3cc4ccccc4c4ccccc34)cc2c1. The van der Waals surface area contributed by atoms with Gasteiger partial charge in [0.05, 0.1) is 0 Å². The largest absolute Gasteiger partial charge is 0.135 e. The van der Waals surface area contributed by atoms with E-state index in [0.29, 0.717) is 0 Å². The Morgan fingerprint density at radius 1 is 0.324 bits per heavy atom. The van der Waals surface area contributed by atoms with Crippen LogP contribution in [0.2, 0.25) is 0 Å². The van der Waals surface area contributed by atoms with Crippen molar-refractivity contribution in [3.63, 3.8) is 0 Å². The summed E-state index contributed by atoms with van der Waals surface area (Å²) in [7, 11) is 0. The lowest BCUT2D eigenvalue weighted by molar-refractivity contribution is 1.73. The maximum atomic E-state index is 2.38. The fourth-order valence-electron chi connectivity index (χ4n) is 5.94. The zero-order valence-corrected chi connectivity index (χ0v) is 20.9. The fourth-order valence-corrected chi connectivity index (χ4v) is 7.16. The van der Waals surface area contributed by atoms with Gasteiger partial charge in [-0.2, -0.15) is 0 Å². The van der Waals surface area contributed by atoms with Gasteiger partial charge >= 0.3 is 0 Å². The second-order valence-corrected chi connectivity index (χ2v) is 10.8. The number of benzene rings is 7. The Morgan fingerprint density at radius 3 is 1.46 bits per heavy atom. The lowest BCUT2D eigenvalue weighted by Gasteiger charge is -2.12. The van der Waals surface area contributed by atoms with Crippen LogP contribution >= 0.6 is 11.3 Å². The van der Waals surface area contributed by atoms with Crippen molar-refractivity contribution in [3.05, 3.63) is 133 Å². The third-order valence-electron chi connectivity index (χ3n) is 7.64. The molecule has 0 unspecified atom stereocenters. The molecule has 0 N–H and O–H groups in total. The standard InChI is InChI=1S/C36H22S/c1-3-13-26-23(10-1)20-33(30-17-7-5-15-28(26)30)32-19-9-12-25-22-35(37-36(25)32)34-21-24-11-2-4-14-27(24)29-16-6-8-18-31(29)34/h1-22H. The average molecular weight is 487 g/mol. The predicted octanol–water partition coefficient (Wildman–Crippen LogP) is 10.8. The summed E-state index contributed by atoms with van der Waals surface area (Å²) in [5.41, 5.74) is 3.92. The number of rotatable bonds is 2. The van der Waals surface area contributed by atoms with E-state index in [2.05, 4.69) is 133 Å². The van der Waals surface area contributed by atoms with Gasteiger partial charge in [-0.25, -0.2) is 0 Å². The lowest BCUT2D eigenvalue weighted by Crippen LogP contribution is -1.84. The summed E-state index contributed by atoms with van der Waals surface area (Å²) in [4.78, 5) is 1.31. The van der Waals surface area contributed by atoms with Gasteiger partial charge in [-0.15, -0.1) is 11.3 Å². The van der Waals surface area contributed by atoms with Crippen LogP contribution in [0.25, 0.3) is 74.7 Å². The zero-order valence-electron chi connectivity index (χ0n) is 20.1. The first-order valence-corrected chi connectivity index (χ1v) is 13.5. The Balaban J connectivity index is 1.42. The normalized spacial score (nSPS) is 11.8. The molecule has 8 rings (SSSR count). The molecule has 0 amide bonds. The van der Waals surface area contributed by atoms with E-state index in [1.54, 1.807) is 0 Å². The van der Waals surface area contributed by atoms with Crippen LogP contribution in [0.1, 0.15) is 0 Å². The summed E-state index contributed by atoms with van der Waals surface area (Å²) >= 11 is 1.91. The average Bonchev–Trinajstić information content (AvgIpc) is 3.41. The molecular weight excluding hydrogens is 464 g/mol. The molecule has 0 aliphatic heterocycles. The van der Waals surface area contributed by atoms with Crippen LogP contribution in [0.15, 0.2) is 133 Å². The molecule has 8 aromatic rings. The van der Waals surface area contributed by atoms with Crippen molar-refractivity contribution in [1.82, 2.24) is 0 Å². The van der Waals surface area contributed by atoms with E-state index in [-0.39, 0.29) is 0 Å². The lowest BCUT2D eigenvalue weighted by atomic mass is 9.93. The molecule has 0 aliphatic carbocycles. The van der Waals surface area contributed by atoms with Crippen LogP contribution in [0.5, 0.6) is 0 Å². The van der Waals surface area contributed by atoms with Crippen LogP contribution in [0, 0.1) is 0 Å². The Bertz CT molecular complexity index is 2140. The molecule has 0 fully saturated rings. The summed E-state index contributed by atoms with van der Waals surface area (Å²) in [6, 6.07) is 49.0. The topological polar surface area (TPSA) is 0 Å². The van der Waals surface area contributed by atoms with Crippen LogP contribution in [-0.4, -0.2) is 0 Å². The summed E-state index contributed by atoms with van der Waals surface area (Å²) < 4.78 is 1.34. The molecule has 0 radical (unpaired) electrons. The minimum absolute atomic E-state index is 1.28. The molecule has 0 bridgehead atoms. The zero-order chi connectivity index (χ0) is 24.3. The van der Waals surface area contributed by atoms with Crippen molar-refractivity contribution < 1.29 is 0 Å². The van der Waals surface area contributed by atoms with Gasteiger partial charge in [0.15, 0.2) is 0 Å². The Kier molecular flexibility index (Phi) is 4.49. The van der Waals surface area contributed by atoms with Crippen molar-refractivity contribution in [1.29, 1.82) is 0 Å². The molecule has 0 aliphatic rings. The smallest absolute Gasteiger partial charge is 0.0428 e. The van der Waals surface area contributed by atoms with Crippen LogP contribution in [0.3, 0.4) is 0 Å². The quantitative estimate of drug-likeness (QED) is 0.213. The highest BCUT2D eigenvalue weighted by Crippen LogP contribution is 2.45. The van der Waals surface area contributed by atoms with Crippen LogP contribution in [0.4, 0.5) is 0 Å². The van der Waals surface area contributed by atoms with Crippen LogP contribution in [-0.2, 0) is 0 Å². The van der Waals surface area contributed by atoms with E-state index in [1.165, 1.54) is 74.7 Å². The summed E-state index contributed by atoms with van der Waals surface area (Å²) in [6.07, 6.45) is 0. The summed E-state index contributed by atoms with van der Waals surface area (Å²) in [5.74, 6) is 0. The Labute approximate surface area is 219 Å². The number of hydrogen-bond donors (Lipinski definition) is 0. The minimum atomic E-state index is 1.28. The van der Waals surface area contributed by atoms with Gasteiger partial charge < -0.3 is 0 Å². The predicted molar refractivity (Wildman–Crippen MR) is 163 cm³/mol. The number of thiophene rings is 1. The molecule has 1 heterocycles. The maximum Gasteiger partial charge on any atom is 0.0428 e. The summed E-state index contributed by atoms with van der Waals surface area (Å²) in [5, 5.41) is 11.7. The van der Waals surface area contributed by atoms with Gasteiger partial charge in [0.1, 0.15) is 0 Å². The third-order valence-corrected chi connectivity index (χ3v) is 8.85. The monoisotopic (exact) mass is 486 g/mol. The van der Waals surface area contributed by atoms with Gasteiger partial charge in [-0.05, 0) is 72.2 Å². The fraction of sp³-hybridized carbons (Fsp3) is 0. The third kappa shape index (κ3) is 3.15. The number of fused-ring (bicyclic) bond motifs is 7. The molecule has 1 heteroatoms. The number of hydrogen-bond acceptors (Lipinski definition) is 1. The molecule has 0 atom stereocenters. The minimum Gasteiger partial charge on any atom is -0.135 e. The van der Waals surface area contributed by atoms with Crippen molar-refractivity contribution in [2.45, 2.75) is 0 Å². The van der Waals surface area contributed by atoms with E-state index in [1.807, 2.05) is 11.3 Å². The Morgan fingerprint density at radius 2 is 0.811 bits per heavy atom. The molecule has 0 spiro atoms. The van der Waals surface area contributed by atoms with Crippen molar-refractivity contribution >= 4 is 64.5 Å². The molecule has 0 nitrogen and oxygen atoms in total. The first kappa shape index (κ1) is 20.7. The second-order valence-electron chi connectivity index (χ2n) is 9.72. The molecular formula is C36H22S. The molecule has 0 saturated heterocycles. The maximum absolute atomic E-state index is 2.38. The van der Waals surface area contributed by atoms with E-state index in [9.17, 15) is 0 Å². The van der Waals surface area contributed by atoms with Gasteiger partial charge in [-0.1, -0.05) is 115 Å². The van der Waals surface area contributed by atoms with Gasteiger partial charge in [0.25, 0.3) is 0 Å². The highest BCUT2D eigenvalue weighted by Gasteiger charge is 2.15. The second kappa shape index (κ2) is 8.03. The molecule has 172 valence electrons. The Hall–Kier alpha value is -4.46. The van der Waals surface area contributed by atoms with Gasteiger partial charge in [0, 0.05) is 20.7 Å². The van der Waals surface area contributed by atoms with Gasteiger partial charge in [-0.3, -0.25) is 0 Å². The molecule has 7 aromatic carbocycles. The first-order chi connectivity index (χ1) is 18.3. The van der Waals surface area contributed by atoms with E-state index in [4.69, 9.17) is 0 Å². The van der Waals surface area contributed by atoms with E-state index < -0.39 is 0 Å². The van der Waals surface area contributed by atoms with E-state index in [0.717, 1.165) is 0 Å². The highest BCUT2D eigenvalue weighted by molar-refractivity contribution is 7.23. The first-order valence-electron chi connectivity index (χ1n) is 12.7. The van der Waals surface area contributed by atoms with Crippen molar-refractivity contribution in [2.24, 2.45) is 0 Å². The van der Waals surface area contributed by atoms with Gasteiger partial charge in [0.2, 0.25) is 0 Å². The molecule has 1 aromatic heterocycles. The van der Waals surface area contributed by atoms with Crippen molar-refractivity contribution in [3.8, 4) is 21.6 Å². The van der Waals surface area contributed by atoms with E-state index >= 15 is 0 Å². The molecule has 0 saturated carbocycles. The van der Waals surface area contributed by atoms with Crippen LogP contribution < -0.4 is 0 Å². The van der Waals surface area contributed by atoms with Crippen molar-refractivity contribution in [2.75, 3.05) is 0 Å². The summed E-state index contributed by atoms with van der Waals surface area (Å²) in [6.45, 7) is 0. The highest BCUT2D eigenvalue weighted by atomic mass is 32.1.